The molecule has 0 aromatic heterocycles. The van der Waals surface area contributed by atoms with Crippen molar-refractivity contribution in [3.63, 3.8) is 0 Å². The lowest BCUT2D eigenvalue weighted by Gasteiger charge is -2.34. The molecule has 1 aromatic carbocycles. The van der Waals surface area contributed by atoms with Gasteiger partial charge in [-0.2, -0.15) is 0 Å². The van der Waals surface area contributed by atoms with Gasteiger partial charge in [0.15, 0.2) is 0 Å². The van der Waals surface area contributed by atoms with E-state index >= 15 is 0 Å². The van der Waals surface area contributed by atoms with Crippen molar-refractivity contribution >= 4 is 38.5 Å². The zero-order valence-electron chi connectivity index (χ0n) is 11.3. The van der Waals surface area contributed by atoms with Crippen LogP contribution >= 0.6 is 38.5 Å². The molecule has 0 heterocycles. The van der Waals surface area contributed by atoms with Crippen molar-refractivity contribution in [1.29, 1.82) is 0 Å². The second kappa shape index (κ2) is 7.38. The predicted octanol–water partition coefficient (Wildman–Crippen LogP) is 4.77. The van der Waals surface area contributed by atoms with Crippen molar-refractivity contribution in [2.45, 2.75) is 45.1 Å². The van der Waals surface area contributed by atoms with Crippen molar-refractivity contribution in [1.82, 2.24) is 5.43 Å². The Balaban J connectivity index is 2.21. The number of nitrogens with two attached hydrogens (primary N) is 1. The van der Waals surface area contributed by atoms with E-state index in [2.05, 4.69) is 69.1 Å². The van der Waals surface area contributed by atoms with Gasteiger partial charge in [0.1, 0.15) is 0 Å². The second-order valence-corrected chi connectivity index (χ2v) is 7.59. The van der Waals surface area contributed by atoms with Gasteiger partial charge in [0, 0.05) is 14.1 Å². The summed E-state index contributed by atoms with van der Waals surface area (Å²) in [5, 5.41) is 0. The quantitative estimate of drug-likeness (QED) is 0.405. The van der Waals surface area contributed by atoms with E-state index < -0.39 is 0 Å². The molecule has 2 nitrogen and oxygen atoms in total. The second-order valence-electron chi connectivity index (χ2n) is 5.51. The lowest BCUT2D eigenvalue weighted by Crippen LogP contribution is -2.36. The molecule has 3 unspecified atom stereocenters. The third-order valence-corrected chi connectivity index (χ3v) is 5.82. The Kier molecular flexibility index (Phi) is 6.11. The van der Waals surface area contributed by atoms with Gasteiger partial charge in [-0.25, -0.2) is 0 Å². The molecule has 4 heteroatoms. The van der Waals surface area contributed by atoms with E-state index in [1.54, 1.807) is 0 Å². The maximum atomic E-state index is 5.87. The highest BCUT2D eigenvalue weighted by Gasteiger charge is 2.29. The highest BCUT2D eigenvalue weighted by molar-refractivity contribution is 14.1. The predicted molar refractivity (Wildman–Crippen MR) is 92.7 cm³/mol. The fourth-order valence-corrected chi connectivity index (χ4v) is 4.29. The molecule has 19 heavy (non-hydrogen) atoms. The lowest BCUT2D eigenvalue weighted by atomic mass is 9.75. The van der Waals surface area contributed by atoms with Crippen molar-refractivity contribution in [3.8, 4) is 0 Å². The van der Waals surface area contributed by atoms with E-state index in [0.29, 0.717) is 5.92 Å². The number of nitrogens with one attached hydrogen (secondary N) is 1. The SMILES string of the molecule is CCC1CCCC(C(NN)c2cc(Br)ccc2I)C1. The van der Waals surface area contributed by atoms with Crippen LogP contribution in [0.3, 0.4) is 0 Å². The summed E-state index contributed by atoms with van der Waals surface area (Å²) in [5.41, 5.74) is 4.41. The van der Waals surface area contributed by atoms with E-state index in [1.807, 2.05) is 0 Å². The zero-order chi connectivity index (χ0) is 13.8. The average Bonchev–Trinajstić information content (AvgIpc) is 2.44. The first-order chi connectivity index (χ1) is 9.15. The number of halogens is 2. The highest BCUT2D eigenvalue weighted by atomic mass is 127. The summed E-state index contributed by atoms with van der Waals surface area (Å²) in [6, 6.07) is 6.74. The molecule has 106 valence electrons. The van der Waals surface area contributed by atoms with Crippen LogP contribution in [0.5, 0.6) is 0 Å². The van der Waals surface area contributed by atoms with Gasteiger partial charge in [0.2, 0.25) is 0 Å². The molecule has 0 aliphatic heterocycles. The summed E-state index contributed by atoms with van der Waals surface area (Å²) in [6.45, 7) is 2.31. The Morgan fingerprint density at radius 2 is 2.26 bits per heavy atom. The van der Waals surface area contributed by atoms with E-state index in [4.69, 9.17) is 5.84 Å². The fraction of sp³-hybridized carbons (Fsp3) is 0.600. The number of rotatable bonds is 4. The van der Waals surface area contributed by atoms with E-state index in [0.717, 1.165) is 10.4 Å². The van der Waals surface area contributed by atoms with E-state index in [-0.39, 0.29) is 6.04 Å². The van der Waals surface area contributed by atoms with E-state index in [1.165, 1.54) is 41.2 Å². The number of hydrogen-bond acceptors (Lipinski definition) is 2. The molecule has 3 atom stereocenters. The van der Waals surface area contributed by atoms with Gasteiger partial charge in [-0.05, 0) is 71.0 Å². The summed E-state index contributed by atoms with van der Waals surface area (Å²) in [4.78, 5) is 0. The van der Waals surface area contributed by atoms with Crippen molar-refractivity contribution in [2.75, 3.05) is 0 Å². The molecule has 0 spiro atoms. The lowest BCUT2D eigenvalue weighted by molar-refractivity contribution is 0.209. The van der Waals surface area contributed by atoms with Gasteiger partial charge in [0.25, 0.3) is 0 Å². The Morgan fingerprint density at radius 3 is 2.95 bits per heavy atom. The maximum absolute atomic E-state index is 5.87. The topological polar surface area (TPSA) is 38.0 Å². The van der Waals surface area contributed by atoms with Crippen LogP contribution in [0.15, 0.2) is 22.7 Å². The molecule has 3 N–H and O–H groups in total. The smallest absolute Gasteiger partial charge is 0.0499 e. The first kappa shape index (κ1) is 15.7. The standard InChI is InChI=1S/C15H22BrIN2/c1-2-10-4-3-5-11(8-10)15(19-18)13-9-12(16)6-7-14(13)17/h6-7,9-11,15,19H,2-5,8,18H2,1H3. The largest absolute Gasteiger partial charge is 0.271 e. The van der Waals surface area contributed by atoms with Crippen LogP contribution < -0.4 is 11.3 Å². The summed E-state index contributed by atoms with van der Waals surface area (Å²) < 4.78 is 2.42. The first-order valence-corrected chi connectivity index (χ1v) is 8.94. The Hall–Kier alpha value is 0.350. The molecule has 1 saturated carbocycles. The maximum Gasteiger partial charge on any atom is 0.0499 e. The Morgan fingerprint density at radius 1 is 1.47 bits per heavy atom. The van der Waals surface area contributed by atoms with Crippen LogP contribution in [0.1, 0.15) is 50.6 Å². The molecule has 1 aliphatic carbocycles. The van der Waals surface area contributed by atoms with E-state index in [9.17, 15) is 0 Å². The van der Waals surface area contributed by atoms with Gasteiger partial charge in [-0.1, -0.05) is 42.1 Å². The molecule has 0 amide bonds. The molecule has 2 rings (SSSR count). The minimum absolute atomic E-state index is 0.277. The van der Waals surface area contributed by atoms with Crippen molar-refractivity contribution in [2.24, 2.45) is 17.7 Å². The van der Waals surface area contributed by atoms with Gasteiger partial charge >= 0.3 is 0 Å². The van der Waals surface area contributed by atoms with Crippen LogP contribution in [-0.2, 0) is 0 Å². The molecule has 1 fully saturated rings. The molecule has 0 bridgehead atoms. The van der Waals surface area contributed by atoms with Gasteiger partial charge in [-0.15, -0.1) is 0 Å². The molecule has 1 aromatic rings. The summed E-state index contributed by atoms with van der Waals surface area (Å²) in [7, 11) is 0. The van der Waals surface area contributed by atoms with Crippen LogP contribution in [0.2, 0.25) is 0 Å². The normalized spacial score (nSPS) is 25.3. The number of hydrogen-bond donors (Lipinski definition) is 2. The molecule has 0 saturated heterocycles. The fourth-order valence-electron chi connectivity index (χ4n) is 3.24. The zero-order valence-corrected chi connectivity index (χ0v) is 15.1. The minimum Gasteiger partial charge on any atom is -0.271 e. The van der Waals surface area contributed by atoms with Crippen LogP contribution in [-0.4, -0.2) is 0 Å². The number of hydrazine groups is 1. The van der Waals surface area contributed by atoms with Gasteiger partial charge in [0.05, 0.1) is 0 Å². The van der Waals surface area contributed by atoms with Crippen LogP contribution in [0, 0.1) is 15.4 Å². The molecule has 0 radical (unpaired) electrons. The molecular weight excluding hydrogens is 415 g/mol. The van der Waals surface area contributed by atoms with Crippen LogP contribution in [0.25, 0.3) is 0 Å². The summed E-state index contributed by atoms with van der Waals surface area (Å²) in [5.74, 6) is 7.41. The minimum atomic E-state index is 0.277. The summed E-state index contributed by atoms with van der Waals surface area (Å²) >= 11 is 5.98. The third kappa shape index (κ3) is 3.93. The number of benzene rings is 1. The van der Waals surface area contributed by atoms with Gasteiger partial charge in [-0.3, -0.25) is 11.3 Å². The average molecular weight is 437 g/mol. The van der Waals surface area contributed by atoms with Crippen molar-refractivity contribution in [3.05, 3.63) is 31.8 Å². The monoisotopic (exact) mass is 436 g/mol. The molecular formula is C15H22BrIN2. The highest BCUT2D eigenvalue weighted by Crippen LogP contribution is 2.39. The molecule has 1 aliphatic rings. The first-order valence-electron chi connectivity index (χ1n) is 7.06. The van der Waals surface area contributed by atoms with Crippen molar-refractivity contribution < 1.29 is 0 Å². The van der Waals surface area contributed by atoms with Crippen LogP contribution in [0.4, 0.5) is 0 Å². The Bertz CT molecular complexity index is 425. The summed E-state index contributed by atoms with van der Waals surface area (Å²) in [6.07, 6.45) is 6.61. The Labute approximate surface area is 138 Å². The van der Waals surface area contributed by atoms with Gasteiger partial charge < -0.3 is 0 Å². The third-order valence-electron chi connectivity index (χ3n) is 4.34.